The average Bonchev–Trinajstić information content (AvgIpc) is 2.48. The molecule has 112 valence electrons. The zero-order valence-corrected chi connectivity index (χ0v) is 13.4. The molecule has 0 bridgehead atoms. The van der Waals surface area contributed by atoms with Gasteiger partial charge in [-0.1, -0.05) is 29.3 Å². The van der Waals surface area contributed by atoms with Gasteiger partial charge in [0.2, 0.25) is 0 Å². The minimum Gasteiger partial charge on any atom is -0.493 e. The van der Waals surface area contributed by atoms with Crippen molar-refractivity contribution in [1.82, 2.24) is 0 Å². The van der Waals surface area contributed by atoms with Crippen molar-refractivity contribution >= 4 is 23.2 Å². The molecule has 0 aliphatic heterocycles. The van der Waals surface area contributed by atoms with E-state index in [0.717, 1.165) is 5.56 Å². The average molecular weight is 327 g/mol. The van der Waals surface area contributed by atoms with Crippen LogP contribution in [0.25, 0.3) is 0 Å². The molecule has 0 heterocycles. The summed E-state index contributed by atoms with van der Waals surface area (Å²) in [5.41, 5.74) is 1.11. The van der Waals surface area contributed by atoms with Crippen LogP contribution in [0, 0.1) is 6.92 Å². The zero-order chi connectivity index (χ0) is 15.2. The number of halogens is 2. The van der Waals surface area contributed by atoms with E-state index >= 15 is 0 Å². The predicted octanol–water partition coefficient (Wildman–Crippen LogP) is 4.77. The number of aryl methyl sites for hydroxylation is 1. The Morgan fingerprint density at radius 2 is 1.57 bits per heavy atom. The molecule has 0 radical (unpaired) electrons. The number of methoxy groups -OCH3 is 1. The summed E-state index contributed by atoms with van der Waals surface area (Å²) in [6, 6.07) is 10.8. The number of ether oxygens (including phenoxy) is 3. The summed E-state index contributed by atoms with van der Waals surface area (Å²) in [6.45, 7) is 2.73. The maximum absolute atomic E-state index is 6.01. The van der Waals surface area contributed by atoms with Crippen LogP contribution in [0.2, 0.25) is 10.0 Å². The van der Waals surface area contributed by atoms with Crippen LogP contribution >= 0.6 is 23.2 Å². The summed E-state index contributed by atoms with van der Waals surface area (Å²) in [6.07, 6.45) is 0. The predicted molar refractivity (Wildman–Crippen MR) is 85.2 cm³/mol. The molecular weight excluding hydrogens is 311 g/mol. The summed E-state index contributed by atoms with van der Waals surface area (Å²) in [4.78, 5) is 0. The number of hydrogen-bond donors (Lipinski definition) is 0. The molecule has 0 atom stereocenters. The third-order valence-corrected chi connectivity index (χ3v) is 3.36. The van der Waals surface area contributed by atoms with Gasteiger partial charge in [0.05, 0.1) is 12.1 Å². The van der Waals surface area contributed by atoms with Gasteiger partial charge in [0.25, 0.3) is 0 Å². The van der Waals surface area contributed by atoms with Crippen LogP contribution in [-0.2, 0) is 0 Å². The van der Waals surface area contributed by atoms with Crippen molar-refractivity contribution in [3.05, 3.63) is 52.0 Å². The smallest absolute Gasteiger partial charge is 0.161 e. The minimum atomic E-state index is 0.358. The van der Waals surface area contributed by atoms with E-state index in [1.807, 2.05) is 25.1 Å². The Morgan fingerprint density at radius 3 is 2.29 bits per heavy atom. The standard InChI is InChI=1S/C16H16Cl2O3/c1-11-3-6-14(16(9-11)19-2)20-7-8-21-15-10-12(17)4-5-13(15)18/h3-6,9-10H,7-8H2,1-2H3. The summed E-state index contributed by atoms with van der Waals surface area (Å²) in [7, 11) is 1.61. The van der Waals surface area contributed by atoms with Crippen LogP contribution in [0.3, 0.4) is 0 Å². The summed E-state index contributed by atoms with van der Waals surface area (Å²) in [5, 5.41) is 1.10. The second kappa shape index (κ2) is 7.43. The molecule has 2 aromatic carbocycles. The molecule has 3 nitrogen and oxygen atoms in total. The van der Waals surface area contributed by atoms with Gasteiger partial charge in [-0.05, 0) is 36.8 Å². The first-order valence-corrected chi connectivity index (χ1v) is 7.21. The van der Waals surface area contributed by atoms with E-state index in [9.17, 15) is 0 Å². The monoisotopic (exact) mass is 326 g/mol. The zero-order valence-electron chi connectivity index (χ0n) is 11.9. The van der Waals surface area contributed by atoms with Gasteiger partial charge in [0.1, 0.15) is 19.0 Å². The van der Waals surface area contributed by atoms with E-state index in [2.05, 4.69) is 0 Å². The van der Waals surface area contributed by atoms with Crippen molar-refractivity contribution in [2.45, 2.75) is 6.92 Å². The molecule has 21 heavy (non-hydrogen) atoms. The van der Waals surface area contributed by atoms with E-state index in [-0.39, 0.29) is 0 Å². The molecule has 0 N–H and O–H groups in total. The van der Waals surface area contributed by atoms with E-state index < -0.39 is 0 Å². The SMILES string of the molecule is COc1cc(C)ccc1OCCOc1cc(Cl)ccc1Cl. The molecule has 0 fully saturated rings. The fourth-order valence-electron chi connectivity index (χ4n) is 1.79. The van der Waals surface area contributed by atoms with Crippen LogP contribution in [0.4, 0.5) is 0 Å². The van der Waals surface area contributed by atoms with E-state index in [1.165, 1.54) is 0 Å². The normalized spacial score (nSPS) is 10.3. The maximum Gasteiger partial charge on any atom is 0.161 e. The lowest BCUT2D eigenvalue weighted by Gasteiger charge is -2.12. The molecule has 0 aliphatic carbocycles. The fraction of sp³-hybridized carbons (Fsp3) is 0.250. The Kier molecular flexibility index (Phi) is 5.59. The quantitative estimate of drug-likeness (QED) is 0.716. The van der Waals surface area contributed by atoms with Crippen molar-refractivity contribution in [2.75, 3.05) is 20.3 Å². The molecule has 0 amide bonds. The number of benzene rings is 2. The summed E-state index contributed by atoms with van der Waals surface area (Å²) < 4.78 is 16.5. The Bertz CT molecular complexity index is 614. The van der Waals surface area contributed by atoms with Gasteiger partial charge in [0, 0.05) is 11.1 Å². The van der Waals surface area contributed by atoms with Crippen LogP contribution in [0.5, 0.6) is 17.2 Å². The maximum atomic E-state index is 6.01. The number of rotatable bonds is 6. The van der Waals surface area contributed by atoms with E-state index in [4.69, 9.17) is 37.4 Å². The van der Waals surface area contributed by atoms with Gasteiger partial charge < -0.3 is 14.2 Å². The Balaban J connectivity index is 1.89. The molecule has 2 rings (SSSR count). The van der Waals surface area contributed by atoms with Crippen LogP contribution in [0.1, 0.15) is 5.56 Å². The van der Waals surface area contributed by atoms with Gasteiger partial charge in [-0.3, -0.25) is 0 Å². The summed E-state index contributed by atoms with van der Waals surface area (Å²) >= 11 is 11.9. The molecule has 0 unspecified atom stereocenters. The molecule has 0 saturated carbocycles. The van der Waals surface area contributed by atoms with Crippen molar-refractivity contribution in [1.29, 1.82) is 0 Å². The molecule has 0 spiro atoms. The van der Waals surface area contributed by atoms with Gasteiger partial charge in [0.15, 0.2) is 11.5 Å². The fourth-order valence-corrected chi connectivity index (χ4v) is 2.12. The van der Waals surface area contributed by atoms with Gasteiger partial charge >= 0.3 is 0 Å². The van der Waals surface area contributed by atoms with Gasteiger partial charge in [-0.15, -0.1) is 0 Å². The minimum absolute atomic E-state index is 0.358. The van der Waals surface area contributed by atoms with Crippen molar-refractivity contribution in [3.8, 4) is 17.2 Å². The van der Waals surface area contributed by atoms with Crippen molar-refractivity contribution in [2.24, 2.45) is 0 Å². The second-order valence-electron chi connectivity index (χ2n) is 4.43. The first-order valence-electron chi connectivity index (χ1n) is 6.45. The topological polar surface area (TPSA) is 27.7 Å². The molecular formula is C16H16Cl2O3. The second-order valence-corrected chi connectivity index (χ2v) is 5.27. The van der Waals surface area contributed by atoms with Crippen molar-refractivity contribution in [3.63, 3.8) is 0 Å². The largest absolute Gasteiger partial charge is 0.493 e. The molecule has 2 aromatic rings. The Morgan fingerprint density at radius 1 is 0.857 bits per heavy atom. The molecule has 5 heteroatoms. The van der Waals surface area contributed by atoms with E-state index in [0.29, 0.717) is 40.5 Å². The highest BCUT2D eigenvalue weighted by Crippen LogP contribution is 2.29. The third-order valence-electron chi connectivity index (χ3n) is 2.81. The molecule has 0 aromatic heterocycles. The third kappa shape index (κ3) is 4.45. The van der Waals surface area contributed by atoms with Gasteiger partial charge in [-0.2, -0.15) is 0 Å². The van der Waals surface area contributed by atoms with Gasteiger partial charge in [-0.25, -0.2) is 0 Å². The highest BCUT2D eigenvalue weighted by atomic mass is 35.5. The highest BCUT2D eigenvalue weighted by Gasteiger charge is 2.05. The molecule has 0 saturated heterocycles. The lowest BCUT2D eigenvalue weighted by molar-refractivity contribution is 0.211. The van der Waals surface area contributed by atoms with Crippen LogP contribution in [-0.4, -0.2) is 20.3 Å². The first-order chi connectivity index (χ1) is 10.1. The first kappa shape index (κ1) is 15.8. The lowest BCUT2D eigenvalue weighted by Crippen LogP contribution is -2.09. The number of hydrogen-bond acceptors (Lipinski definition) is 3. The lowest BCUT2D eigenvalue weighted by atomic mass is 10.2. The molecule has 0 aliphatic rings. The highest BCUT2D eigenvalue weighted by molar-refractivity contribution is 6.34. The Labute approximate surface area is 134 Å². The van der Waals surface area contributed by atoms with Crippen molar-refractivity contribution < 1.29 is 14.2 Å². The summed E-state index contributed by atoms with van der Waals surface area (Å²) in [5.74, 6) is 1.93. The Hall–Kier alpha value is -1.58. The van der Waals surface area contributed by atoms with E-state index in [1.54, 1.807) is 25.3 Å². The van der Waals surface area contributed by atoms with Crippen LogP contribution in [0.15, 0.2) is 36.4 Å². The van der Waals surface area contributed by atoms with Crippen LogP contribution < -0.4 is 14.2 Å².